The fraction of sp³-hybridized carbons (Fsp3) is 0.0909. The molecule has 0 aromatic heterocycles. The van der Waals surface area contributed by atoms with Crippen LogP contribution in [0.25, 0.3) is 0 Å². The maximum Gasteiger partial charge on any atom is 0.340 e. The first-order valence-electron chi connectivity index (χ1n) is 8.90. The van der Waals surface area contributed by atoms with Crippen molar-refractivity contribution >= 4 is 11.8 Å². The molecule has 0 atom stereocenters. The third-order valence-corrected chi connectivity index (χ3v) is 5.28. The zero-order valence-electron chi connectivity index (χ0n) is 15.0. The molecule has 5 rings (SSSR count). The minimum Gasteiger partial charge on any atom is -0.508 e. The largest absolute Gasteiger partial charge is 0.508 e. The molecule has 3 aromatic rings. The number of carbonyl (C=O) groups excluding carboxylic acids is 2. The number of Topliss-reactive ketones (excluding diaryl/α,β-unsaturated/α-hetero) is 1. The van der Waals surface area contributed by atoms with E-state index in [9.17, 15) is 19.8 Å². The van der Waals surface area contributed by atoms with Gasteiger partial charge >= 0.3 is 5.97 Å². The van der Waals surface area contributed by atoms with Gasteiger partial charge in [0, 0.05) is 34.4 Å². The number of phenolic OH excluding ortho intramolecular Hbond substituents is 2. The predicted octanol–water partition coefficient (Wildman–Crippen LogP) is 2.81. The number of carbonyl (C=O) groups is 2. The van der Waals surface area contributed by atoms with Crippen molar-refractivity contribution in [3.05, 3.63) is 82.4 Å². The van der Waals surface area contributed by atoms with Crippen LogP contribution < -0.4 is 10.5 Å². The smallest absolute Gasteiger partial charge is 0.340 e. The molecule has 0 saturated carbocycles. The van der Waals surface area contributed by atoms with Crippen molar-refractivity contribution in [2.24, 2.45) is 5.73 Å². The second-order valence-electron chi connectivity index (χ2n) is 6.92. The zero-order valence-corrected chi connectivity index (χ0v) is 15.0. The van der Waals surface area contributed by atoms with Crippen LogP contribution in [0.2, 0.25) is 0 Å². The Morgan fingerprint density at radius 1 is 0.897 bits per heavy atom. The van der Waals surface area contributed by atoms with E-state index in [1.807, 2.05) is 0 Å². The molecule has 0 bridgehead atoms. The van der Waals surface area contributed by atoms with Crippen LogP contribution in [-0.4, -0.2) is 28.5 Å². The van der Waals surface area contributed by atoms with Gasteiger partial charge < -0.3 is 25.4 Å². The van der Waals surface area contributed by atoms with E-state index in [4.69, 9.17) is 15.2 Å². The Balaban J connectivity index is 1.83. The van der Waals surface area contributed by atoms with E-state index in [1.54, 1.807) is 24.3 Å². The summed E-state index contributed by atoms with van der Waals surface area (Å²) in [5.74, 6) is -0.320. The summed E-state index contributed by atoms with van der Waals surface area (Å²) in [6.45, 7) is -0.170. The van der Waals surface area contributed by atoms with E-state index in [-0.39, 0.29) is 29.4 Å². The minimum atomic E-state index is -1.33. The second-order valence-corrected chi connectivity index (χ2v) is 6.92. The van der Waals surface area contributed by atoms with Gasteiger partial charge in [-0.05, 0) is 30.3 Å². The molecule has 0 saturated heterocycles. The molecule has 2 aliphatic heterocycles. The molecule has 7 heteroatoms. The summed E-state index contributed by atoms with van der Waals surface area (Å²) >= 11 is 0. The van der Waals surface area contributed by atoms with Gasteiger partial charge in [0.15, 0.2) is 11.4 Å². The van der Waals surface area contributed by atoms with Gasteiger partial charge in [-0.1, -0.05) is 12.1 Å². The van der Waals surface area contributed by atoms with E-state index in [1.165, 1.54) is 30.3 Å². The van der Waals surface area contributed by atoms with Gasteiger partial charge in [-0.3, -0.25) is 4.79 Å². The minimum absolute atomic E-state index is 0.0176. The van der Waals surface area contributed by atoms with Crippen LogP contribution >= 0.6 is 0 Å². The van der Waals surface area contributed by atoms with Gasteiger partial charge in [0.05, 0.1) is 12.1 Å². The summed E-state index contributed by atoms with van der Waals surface area (Å²) < 4.78 is 11.8. The lowest BCUT2D eigenvalue weighted by molar-refractivity contribution is 0.0224. The predicted molar refractivity (Wildman–Crippen MR) is 101 cm³/mol. The Bertz CT molecular complexity index is 1160. The van der Waals surface area contributed by atoms with E-state index in [2.05, 4.69) is 0 Å². The van der Waals surface area contributed by atoms with E-state index in [0.29, 0.717) is 33.8 Å². The Hall–Kier alpha value is -3.84. The number of nitrogens with two attached hydrogens (primary N) is 1. The third kappa shape index (κ3) is 2.28. The lowest BCUT2D eigenvalue weighted by Gasteiger charge is -2.36. The molecule has 0 aliphatic carbocycles. The van der Waals surface area contributed by atoms with Gasteiger partial charge in [0.2, 0.25) is 0 Å². The monoisotopic (exact) mass is 389 g/mol. The quantitative estimate of drug-likeness (QED) is 0.455. The standard InChI is InChI=1S/C22H15NO6/c23-10-18(26)11-1-4-15-14(7-11)21(27)29-22(15)16-5-2-12(24)8-19(16)28-20-9-13(25)3-6-17(20)22/h1-9,24-25H,10,23H2. The lowest BCUT2D eigenvalue weighted by Crippen LogP contribution is -2.32. The fourth-order valence-corrected chi connectivity index (χ4v) is 4.00. The molecule has 0 fully saturated rings. The van der Waals surface area contributed by atoms with Crippen LogP contribution in [0.1, 0.15) is 37.4 Å². The summed E-state index contributed by atoms with van der Waals surface area (Å²) in [5, 5.41) is 19.8. The number of esters is 1. The summed E-state index contributed by atoms with van der Waals surface area (Å²) in [7, 11) is 0. The number of aromatic hydroxyl groups is 2. The SMILES string of the molecule is NCC(=O)c1ccc2c(c1)C(=O)OC21c2ccc(O)cc2Oc2cc(O)ccc21. The Kier molecular flexibility index (Phi) is 3.47. The highest BCUT2D eigenvalue weighted by Gasteiger charge is 2.53. The molecule has 1 spiro atoms. The molecule has 4 N–H and O–H groups in total. The van der Waals surface area contributed by atoms with Crippen LogP contribution in [0.15, 0.2) is 54.6 Å². The number of ketones is 1. The van der Waals surface area contributed by atoms with Crippen LogP contribution in [0, 0.1) is 0 Å². The molecule has 0 amide bonds. The van der Waals surface area contributed by atoms with Crippen molar-refractivity contribution < 1.29 is 29.3 Å². The number of phenols is 2. The first-order chi connectivity index (χ1) is 13.9. The molecule has 29 heavy (non-hydrogen) atoms. The molecule has 2 aliphatic rings. The van der Waals surface area contributed by atoms with Gasteiger partial charge in [-0.2, -0.15) is 0 Å². The van der Waals surface area contributed by atoms with Gasteiger partial charge in [-0.15, -0.1) is 0 Å². The number of hydrogen-bond acceptors (Lipinski definition) is 7. The number of hydrogen-bond donors (Lipinski definition) is 3. The van der Waals surface area contributed by atoms with Crippen molar-refractivity contribution in [1.82, 2.24) is 0 Å². The average molecular weight is 389 g/mol. The van der Waals surface area contributed by atoms with Crippen LogP contribution in [0.4, 0.5) is 0 Å². The van der Waals surface area contributed by atoms with E-state index < -0.39 is 11.6 Å². The molecule has 144 valence electrons. The van der Waals surface area contributed by atoms with Crippen molar-refractivity contribution in [3.8, 4) is 23.0 Å². The Morgan fingerprint density at radius 2 is 1.48 bits per heavy atom. The summed E-state index contributed by atoms with van der Waals surface area (Å²) in [6, 6.07) is 13.8. The topological polar surface area (TPSA) is 119 Å². The highest BCUT2D eigenvalue weighted by Crippen LogP contribution is 2.57. The van der Waals surface area contributed by atoms with Crippen LogP contribution in [0.5, 0.6) is 23.0 Å². The van der Waals surface area contributed by atoms with Gasteiger partial charge in [-0.25, -0.2) is 4.79 Å². The Morgan fingerprint density at radius 3 is 2.07 bits per heavy atom. The number of rotatable bonds is 2. The lowest BCUT2D eigenvalue weighted by atomic mass is 9.77. The maximum absolute atomic E-state index is 12.9. The fourth-order valence-electron chi connectivity index (χ4n) is 4.00. The van der Waals surface area contributed by atoms with E-state index in [0.717, 1.165) is 0 Å². The first-order valence-corrected chi connectivity index (χ1v) is 8.90. The van der Waals surface area contributed by atoms with Gasteiger partial charge in [0.25, 0.3) is 0 Å². The van der Waals surface area contributed by atoms with Crippen molar-refractivity contribution in [1.29, 1.82) is 0 Å². The summed E-state index contributed by atoms with van der Waals surface area (Å²) in [4.78, 5) is 24.9. The molecule has 2 heterocycles. The van der Waals surface area contributed by atoms with Gasteiger partial charge in [0.1, 0.15) is 23.0 Å². The molecule has 3 aromatic carbocycles. The molecular weight excluding hydrogens is 374 g/mol. The van der Waals surface area contributed by atoms with E-state index >= 15 is 0 Å². The summed E-state index contributed by atoms with van der Waals surface area (Å²) in [5.41, 5.74) is 6.28. The van der Waals surface area contributed by atoms with Crippen LogP contribution in [0.3, 0.4) is 0 Å². The van der Waals surface area contributed by atoms with Crippen LogP contribution in [-0.2, 0) is 10.3 Å². The first kappa shape index (κ1) is 17.3. The Labute approximate surface area is 164 Å². The molecule has 0 unspecified atom stereocenters. The number of benzene rings is 3. The number of fused-ring (bicyclic) bond motifs is 6. The zero-order chi connectivity index (χ0) is 20.3. The highest BCUT2D eigenvalue weighted by molar-refractivity contribution is 6.03. The molecule has 0 radical (unpaired) electrons. The third-order valence-electron chi connectivity index (χ3n) is 5.28. The van der Waals surface area contributed by atoms with Crippen molar-refractivity contribution in [2.75, 3.05) is 6.54 Å². The highest BCUT2D eigenvalue weighted by atomic mass is 16.6. The van der Waals surface area contributed by atoms with Crippen molar-refractivity contribution in [2.45, 2.75) is 5.60 Å². The van der Waals surface area contributed by atoms with Crippen molar-refractivity contribution in [3.63, 3.8) is 0 Å². The maximum atomic E-state index is 12.9. The summed E-state index contributed by atoms with van der Waals surface area (Å²) in [6.07, 6.45) is 0. The second kappa shape index (κ2) is 5.83. The average Bonchev–Trinajstić information content (AvgIpc) is 2.99. The molecule has 7 nitrogen and oxygen atoms in total. The number of ether oxygens (including phenoxy) is 2. The molecular formula is C22H15NO6. The normalized spacial score (nSPS) is 15.1.